The highest BCUT2D eigenvalue weighted by Gasteiger charge is 2.42. The van der Waals surface area contributed by atoms with Gasteiger partial charge in [0.1, 0.15) is 6.04 Å². The monoisotopic (exact) mass is 451 g/mol. The zero-order valence-electron chi connectivity index (χ0n) is 18.2. The van der Waals surface area contributed by atoms with Crippen LogP contribution in [0.2, 0.25) is 0 Å². The number of anilines is 1. The van der Waals surface area contributed by atoms with Crippen LogP contribution in [0.3, 0.4) is 0 Å². The number of para-hydroxylation sites is 1. The number of ether oxygens (including phenoxy) is 1. The zero-order valence-corrected chi connectivity index (χ0v) is 18.2. The molecule has 2 atom stereocenters. The highest BCUT2D eigenvalue weighted by atomic mass is 16.6. The Morgan fingerprint density at radius 3 is 2.48 bits per heavy atom. The van der Waals surface area contributed by atoms with E-state index in [0.29, 0.717) is 24.6 Å². The number of aliphatic imine (C=N–C) groups is 1. The molecule has 0 spiro atoms. The van der Waals surface area contributed by atoms with Crippen molar-refractivity contribution in [3.05, 3.63) is 70.3 Å². The van der Waals surface area contributed by atoms with Crippen molar-refractivity contribution in [3.8, 4) is 0 Å². The SMILES string of the molecule is CCOC(=O)[C@H]1C(=O)NC(N2CCN(c3ccccc3)CC2)=N[C@H]1c1cccc([N+](=O)[O-])c1. The van der Waals surface area contributed by atoms with Gasteiger partial charge in [-0.15, -0.1) is 0 Å². The molecule has 1 saturated heterocycles. The molecule has 2 aromatic carbocycles. The van der Waals surface area contributed by atoms with Crippen molar-refractivity contribution in [2.75, 3.05) is 37.7 Å². The number of nitrogens with one attached hydrogen (secondary N) is 1. The molecular formula is C23H25N5O5. The van der Waals surface area contributed by atoms with Crippen molar-refractivity contribution in [1.29, 1.82) is 0 Å². The molecule has 172 valence electrons. The highest BCUT2D eigenvalue weighted by Crippen LogP contribution is 2.32. The molecule has 0 bridgehead atoms. The van der Waals surface area contributed by atoms with Crippen molar-refractivity contribution < 1.29 is 19.2 Å². The first kappa shape index (κ1) is 22.3. The van der Waals surface area contributed by atoms with Crippen LogP contribution in [0.15, 0.2) is 59.6 Å². The van der Waals surface area contributed by atoms with Gasteiger partial charge < -0.3 is 14.5 Å². The fourth-order valence-corrected chi connectivity index (χ4v) is 4.10. The largest absolute Gasteiger partial charge is 0.465 e. The molecule has 0 saturated carbocycles. The summed E-state index contributed by atoms with van der Waals surface area (Å²) in [5.41, 5.74) is 1.41. The molecule has 0 unspecified atom stereocenters. The van der Waals surface area contributed by atoms with Crippen molar-refractivity contribution in [2.24, 2.45) is 10.9 Å². The van der Waals surface area contributed by atoms with Gasteiger partial charge in [0, 0.05) is 44.0 Å². The van der Waals surface area contributed by atoms with Crippen LogP contribution < -0.4 is 10.2 Å². The van der Waals surface area contributed by atoms with E-state index >= 15 is 0 Å². The molecular weight excluding hydrogens is 426 g/mol. The second-order valence-electron chi connectivity index (χ2n) is 7.78. The number of carbonyl (C=O) groups is 2. The predicted molar refractivity (Wildman–Crippen MR) is 122 cm³/mol. The molecule has 1 fully saturated rings. The van der Waals surface area contributed by atoms with Crippen LogP contribution >= 0.6 is 0 Å². The number of guanidine groups is 1. The molecule has 0 radical (unpaired) electrons. The van der Waals surface area contributed by atoms with Crippen molar-refractivity contribution in [1.82, 2.24) is 10.2 Å². The zero-order chi connectivity index (χ0) is 23.4. The molecule has 2 aliphatic heterocycles. The number of carbonyl (C=O) groups excluding carboxylic acids is 2. The number of non-ortho nitro benzene ring substituents is 1. The Hall–Kier alpha value is -3.95. The molecule has 2 heterocycles. The number of hydrogen-bond acceptors (Lipinski definition) is 8. The maximum absolute atomic E-state index is 13.0. The summed E-state index contributed by atoms with van der Waals surface area (Å²) in [4.78, 5) is 45.2. The number of rotatable bonds is 5. The number of nitro benzene ring substituents is 1. The number of nitro groups is 1. The summed E-state index contributed by atoms with van der Waals surface area (Å²) in [6.45, 7) is 4.49. The average molecular weight is 451 g/mol. The topological polar surface area (TPSA) is 117 Å². The third kappa shape index (κ3) is 4.79. The second kappa shape index (κ2) is 9.68. The summed E-state index contributed by atoms with van der Waals surface area (Å²) in [6.07, 6.45) is 0. The van der Waals surface area contributed by atoms with E-state index in [2.05, 4.69) is 27.3 Å². The average Bonchev–Trinajstić information content (AvgIpc) is 2.84. The molecule has 0 aliphatic carbocycles. The molecule has 2 aliphatic rings. The summed E-state index contributed by atoms with van der Waals surface area (Å²) >= 11 is 0. The lowest BCUT2D eigenvalue weighted by atomic mass is 9.91. The first-order valence-electron chi connectivity index (χ1n) is 10.8. The fourth-order valence-electron chi connectivity index (χ4n) is 4.10. The molecule has 1 N–H and O–H groups in total. The Labute approximate surface area is 191 Å². The maximum atomic E-state index is 13.0. The Bertz CT molecular complexity index is 1070. The summed E-state index contributed by atoms with van der Waals surface area (Å²) in [6, 6.07) is 15.0. The van der Waals surface area contributed by atoms with Gasteiger partial charge in [0.2, 0.25) is 11.9 Å². The number of piperazine rings is 1. The number of amides is 1. The van der Waals surface area contributed by atoms with Gasteiger partial charge in [0.25, 0.3) is 5.69 Å². The number of esters is 1. The van der Waals surface area contributed by atoms with E-state index in [1.165, 1.54) is 18.2 Å². The standard InChI is InChI=1S/C23H25N5O5/c1-2-33-22(30)19-20(16-7-6-10-18(15-16)28(31)32)24-23(25-21(19)29)27-13-11-26(12-14-27)17-8-4-3-5-9-17/h3-10,15,19-20H,2,11-14H2,1H3,(H,24,25,29)/t19-,20+/m1/s1. The van der Waals surface area contributed by atoms with Crippen LogP contribution in [0, 0.1) is 16.0 Å². The highest BCUT2D eigenvalue weighted by molar-refractivity contribution is 6.08. The smallest absolute Gasteiger partial charge is 0.321 e. The van der Waals surface area contributed by atoms with Crippen LogP contribution in [-0.4, -0.2) is 60.4 Å². The van der Waals surface area contributed by atoms with E-state index in [1.807, 2.05) is 23.1 Å². The predicted octanol–water partition coefficient (Wildman–Crippen LogP) is 2.12. The van der Waals surface area contributed by atoms with Crippen molar-refractivity contribution in [2.45, 2.75) is 13.0 Å². The molecule has 4 rings (SSSR count). The second-order valence-corrected chi connectivity index (χ2v) is 7.78. The van der Waals surface area contributed by atoms with Gasteiger partial charge in [-0.3, -0.25) is 25.0 Å². The Morgan fingerprint density at radius 2 is 1.82 bits per heavy atom. The minimum Gasteiger partial charge on any atom is -0.465 e. The lowest BCUT2D eigenvalue weighted by Gasteiger charge is -2.39. The van der Waals surface area contributed by atoms with Crippen molar-refractivity contribution >= 4 is 29.2 Å². The summed E-state index contributed by atoms with van der Waals surface area (Å²) < 4.78 is 5.10. The lowest BCUT2D eigenvalue weighted by molar-refractivity contribution is -0.384. The third-order valence-electron chi connectivity index (χ3n) is 5.76. The van der Waals surface area contributed by atoms with Crippen LogP contribution in [0.5, 0.6) is 0 Å². The van der Waals surface area contributed by atoms with E-state index in [-0.39, 0.29) is 12.3 Å². The van der Waals surface area contributed by atoms with E-state index < -0.39 is 28.8 Å². The van der Waals surface area contributed by atoms with Crippen molar-refractivity contribution in [3.63, 3.8) is 0 Å². The Kier molecular flexibility index (Phi) is 6.53. The van der Waals surface area contributed by atoms with E-state index in [1.54, 1.807) is 13.0 Å². The van der Waals surface area contributed by atoms with Crippen LogP contribution in [0.4, 0.5) is 11.4 Å². The third-order valence-corrected chi connectivity index (χ3v) is 5.76. The van der Waals surface area contributed by atoms with Crippen LogP contribution in [0.25, 0.3) is 0 Å². The van der Waals surface area contributed by atoms with Crippen LogP contribution in [0.1, 0.15) is 18.5 Å². The molecule has 33 heavy (non-hydrogen) atoms. The molecule has 0 aromatic heterocycles. The van der Waals surface area contributed by atoms with Gasteiger partial charge in [-0.25, -0.2) is 4.99 Å². The number of nitrogens with zero attached hydrogens (tertiary/aromatic N) is 4. The maximum Gasteiger partial charge on any atom is 0.321 e. The molecule has 10 nitrogen and oxygen atoms in total. The van der Waals surface area contributed by atoms with E-state index in [0.717, 1.165) is 18.8 Å². The van der Waals surface area contributed by atoms with Gasteiger partial charge in [0.15, 0.2) is 5.92 Å². The molecule has 1 amide bonds. The van der Waals surface area contributed by atoms with Gasteiger partial charge in [-0.05, 0) is 24.6 Å². The quantitative estimate of drug-likeness (QED) is 0.320. The molecule has 2 aromatic rings. The summed E-state index contributed by atoms with van der Waals surface area (Å²) in [5.74, 6) is -2.09. The Morgan fingerprint density at radius 1 is 1.12 bits per heavy atom. The molecule has 10 heteroatoms. The van der Waals surface area contributed by atoms with Gasteiger partial charge >= 0.3 is 5.97 Å². The number of benzene rings is 2. The number of hydrogen-bond donors (Lipinski definition) is 1. The van der Waals surface area contributed by atoms with E-state index in [4.69, 9.17) is 4.74 Å². The fraction of sp³-hybridized carbons (Fsp3) is 0.348. The minimum absolute atomic E-state index is 0.113. The first-order valence-corrected chi connectivity index (χ1v) is 10.8. The summed E-state index contributed by atoms with van der Waals surface area (Å²) in [7, 11) is 0. The minimum atomic E-state index is -1.22. The van der Waals surface area contributed by atoms with E-state index in [9.17, 15) is 19.7 Å². The first-order chi connectivity index (χ1) is 16.0. The Balaban J connectivity index is 1.60. The van der Waals surface area contributed by atoms with Gasteiger partial charge in [0.05, 0.1) is 11.5 Å². The van der Waals surface area contributed by atoms with Crippen LogP contribution in [-0.2, 0) is 14.3 Å². The summed E-state index contributed by atoms with van der Waals surface area (Å²) in [5, 5.41) is 14.0. The van der Waals surface area contributed by atoms with Gasteiger partial charge in [-0.1, -0.05) is 30.3 Å². The van der Waals surface area contributed by atoms with Gasteiger partial charge in [-0.2, -0.15) is 0 Å². The normalized spacial score (nSPS) is 20.6. The lowest BCUT2D eigenvalue weighted by Crippen LogP contribution is -2.57.